The van der Waals surface area contributed by atoms with Crippen molar-refractivity contribution in [2.45, 2.75) is 36.5 Å². The molecule has 2 heterocycles. The van der Waals surface area contributed by atoms with E-state index in [1.165, 1.54) is 6.20 Å². The largest absolute Gasteiger partial charge is 0.345 e. The number of sulfone groups is 1. The maximum Gasteiger partial charge on any atom is 0.211 e. The summed E-state index contributed by atoms with van der Waals surface area (Å²) in [6, 6.07) is 9.92. The highest BCUT2D eigenvalue weighted by Crippen LogP contribution is 2.22. The summed E-state index contributed by atoms with van der Waals surface area (Å²) < 4.78 is 25.6. The van der Waals surface area contributed by atoms with Crippen molar-refractivity contribution < 1.29 is 8.42 Å². The van der Waals surface area contributed by atoms with E-state index in [0.29, 0.717) is 11.6 Å². The number of aryl methyl sites for hydroxylation is 1. The zero-order valence-corrected chi connectivity index (χ0v) is 14.5. The molecule has 1 N–H and O–H groups in total. The summed E-state index contributed by atoms with van der Waals surface area (Å²) >= 11 is 0. The van der Waals surface area contributed by atoms with Crippen LogP contribution in [0.1, 0.15) is 31.0 Å². The third-order valence-electron chi connectivity index (χ3n) is 3.99. The number of H-pyrrole nitrogens is 1. The predicted molar refractivity (Wildman–Crippen MR) is 93.1 cm³/mol. The summed E-state index contributed by atoms with van der Waals surface area (Å²) in [6.07, 6.45) is 1.22. The highest BCUT2D eigenvalue weighted by molar-refractivity contribution is 7.91. The molecule has 124 valence electrons. The Morgan fingerprint density at radius 1 is 1.04 bits per heavy atom. The summed E-state index contributed by atoms with van der Waals surface area (Å²) in [7, 11) is -3.89. The first-order valence-corrected chi connectivity index (χ1v) is 9.13. The Hall–Kier alpha value is -2.47. The fourth-order valence-corrected chi connectivity index (χ4v) is 3.86. The lowest BCUT2D eigenvalue weighted by Gasteiger charge is -2.08. The monoisotopic (exact) mass is 342 g/mol. The number of aromatic nitrogens is 2. The summed E-state index contributed by atoms with van der Waals surface area (Å²) in [5.74, 6) is 0.306. The van der Waals surface area contributed by atoms with Gasteiger partial charge >= 0.3 is 0 Å². The quantitative estimate of drug-likeness (QED) is 0.793. The first kappa shape index (κ1) is 16.4. The van der Waals surface area contributed by atoms with Gasteiger partial charge in [0.15, 0.2) is 0 Å². The lowest BCUT2D eigenvalue weighted by molar-refractivity contribution is 0.595. The van der Waals surface area contributed by atoms with Crippen LogP contribution in [0.5, 0.6) is 0 Å². The number of benzene rings is 1. The minimum atomic E-state index is -3.89. The summed E-state index contributed by atoms with van der Waals surface area (Å²) in [6.45, 7) is 5.87. The molecule has 0 spiro atoms. The number of hydrogen-bond acceptors (Lipinski definition) is 4. The van der Waals surface area contributed by atoms with E-state index in [9.17, 15) is 13.2 Å². The Morgan fingerprint density at radius 2 is 1.71 bits per heavy atom. The molecule has 0 amide bonds. The molecule has 2 aromatic heterocycles. The minimum absolute atomic E-state index is 0.108. The fraction of sp³-hybridized carbons (Fsp3) is 0.222. The van der Waals surface area contributed by atoms with Crippen LogP contribution in [0.2, 0.25) is 0 Å². The molecule has 3 aromatic rings. The van der Waals surface area contributed by atoms with Crippen LogP contribution in [0, 0.1) is 6.92 Å². The second kappa shape index (κ2) is 5.87. The maximum absolute atomic E-state index is 12.8. The van der Waals surface area contributed by atoms with Gasteiger partial charge in [0, 0.05) is 11.9 Å². The first-order chi connectivity index (χ1) is 11.3. The van der Waals surface area contributed by atoms with Crippen molar-refractivity contribution in [3.05, 3.63) is 64.1 Å². The van der Waals surface area contributed by atoms with Crippen molar-refractivity contribution in [2.24, 2.45) is 0 Å². The van der Waals surface area contributed by atoms with E-state index in [1.807, 2.05) is 13.8 Å². The molecule has 5 nitrogen and oxygen atoms in total. The SMILES string of the molecule is Cc1ccc2c(=O)c(S(=O)(=O)c3ccc(C(C)C)cc3)c[nH]c2n1. The number of fused-ring (bicyclic) bond motifs is 1. The third-order valence-corrected chi connectivity index (χ3v) is 5.76. The topological polar surface area (TPSA) is 79.9 Å². The molecule has 0 saturated heterocycles. The maximum atomic E-state index is 12.8. The van der Waals surface area contributed by atoms with E-state index in [-0.39, 0.29) is 15.2 Å². The average Bonchev–Trinajstić information content (AvgIpc) is 2.54. The number of hydrogen-bond donors (Lipinski definition) is 1. The van der Waals surface area contributed by atoms with Crippen LogP contribution in [0.25, 0.3) is 11.0 Å². The minimum Gasteiger partial charge on any atom is -0.345 e. The lowest BCUT2D eigenvalue weighted by Crippen LogP contribution is -2.16. The zero-order chi connectivity index (χ0) is 17.5. The van der Waals surface area contributed by atoms with Crippen LogP contribution in [-0.4, -0.2) is 18.4 Å². The Kier molecular flexibility index (Phi) is 4.01. The van der Waals surface area contributed by atoms with Gasteiger partial charge in [0.2, 0.25) is 15.3 Å². The summed E-state index contributed by atoms with van der Waals surface area (Å²) in [4.78, 5) is 19.5. The number of pyridine rings is 2. The standard InChI is InChI=1S/C18H18N2O3S/c1-11(2)13-5-7-14(8-6-13)24(22,23)16-10-19-18-15(17(16)21)9-4-12(3)20-18/h4-11H,1-3H3,(H,19,20,21). The molecule has 0 fully saturated rings. The molecule has 0 saturated carbocycles. The van der Waals surface area contributed by atoms with E-state index in [2.05, 4.69) is 9.97 Å². The molecule has 0 bridgehead atoms. The Morgan fingerprint density at radius 3 is 2.33 bits per heavy atom. The van der Waals surface area contributed by atoms with Crippen LogP contribution in [0.3, 0.4) is 0 Å². The van der Waals surface area contributed by atoms with E-state index < -0.39 is 15.3 Å². The molecule has 0 atom stereocenters. The number of nitrogens with one attached hydrogen (secondary N) is 1. The zero-order valence-electron chi connectivity index (χ0n) is 13.7. The molecular formula is C18H18N2O3S. The Labute approximate surface area is 140 Å². The van der Waals surface area contributed by atoms with Gasteiger partial charge in [-0.3, -0.25) is 4.79 Å². The highest BCUT2D eigenvalue weighted by Gasteiger charge is 2.22. The normalized spacial score (nSPS) is 12.0. The van der Waals surface area contributed by atoms with Gasteiger partial charge in [0.25, 0.3) is 0 Å². The number of nitrogens with zero attached hydrogens (tertiary/aromatic N) is 1. The molecule has 0 aliphatic heterocycles. The van der Waals surface area contributed by atoms with Crippen molar-refractivity contribution in [1.29, 1.82) is 0 Å². The average molecular weight is 342 g/mol. The molecule has 0 aliphatic carbocycles. The Bertz CT molecular complexity index is 1070. The van der Waals surface area contributed by atoms with Gasteiger partial charge in [-0.1, -0.05) is 26.0 Å². The molecule has 6 heteroatoms. The second-order valence-corrected chi connectivity index (χ2v) is 7.98. The summed E-state index contributed by atoms with van der Waals surface area (Å²) in [5.41, 5.74) is 1.64. The van der Waals surface area contributed by atoms with Crippen LogP contribution in [0.4, 0.5) is 0 Å². The van der Waals surface area contributed by atoms with E-state index in [0.717, 1.165) is 11.3 Å². The van der Waals surface area contributed by atoms with Crippen molar-refractivity contribution in [2.75, 3.05) is 0 Å². The van der Waals surface area contributed by atoms with Crippen LogP contribution in [0.15, 0.2) is 57.2 Å². The molecule has 0 aliphatic rings. The van der Waals surface area contributed by atoms with Gasteiger partial charge in [-0.25, -0.2) is 13.4 Å². The van der Waals surface area contributed by atoms with E-state index in [1.54, 1.807) is 43.3 Å². The smallest absolute Gasteiger partial charge is 0.211 e. The lowest BCUT2D eigenvalue weighted by atomic mass is 10.0. The van der Waals surface area contributed by atoms with Crippen molar-refractivity contribution in [3.63, 3.8) is 0 Å². The van der Waals surface area contributed by atoms with Crippen molar-refractivity contribution in [1.82, 2.24) is 9.97 Å². The van der Waals surface area contributed by atoms with Gasteiger partial charge in [0.1, 0.15) is 10.5 Å². The predicted octanol–water partition coefficient (Wildman–Crippen LogP) is 3.19. The Balaban J connectivity index is 2.16. The van der Waals surface area contributed by atoms with Gasteiger partial charge in [0.05, 0.1) is 10.3 Å². The third kappa shape index (κ3) is 2.73. The molecule has 24 heavy (non-hydrogen) atoms. The van der Waals surface area contributed by atoms with Crippen LogP contribution < -0.4 is 5.43 Å². The molecule has 3 rings (SSSR count). The number of aromatic amines is 1. The van der Waals surface area contributed by atoms with Gasteiger partial charge in [-0.15, -0.1) is 0 Å². The van der Waals surface area contributed by atoms with E-state index in [4.69, 9.17) is 0 Å². The van der Waals surface area contributed by atoms with Gasteiger partial charge in [-0.05, 0) is 42.7 Å². The fourth-order valence-electron chi connectivity index (χ4n) is 2.54. The van der Waals surface area contributed by atoms with Crippen LogP contribution in [-0.2, 0) is 9.84 Å². The molecule has 0 unspecified atom stereocenters. The van der Waals surface area contributed by atoms with E-state index >= 15 is 0 Å². The van der Waals surface area contributed by atoms with Crippen molar-refractivity contribution in [3.8, 4) is 0 Å². The summed E-state index contributed by atoms with van der Waals surface area (Å²) in [5, 5.41) is 0.264. The van der Waals surface area contributed by atoms with Gasteiger partial charge < -0.3 is 4.98 Å². The van der Waals surface area contributed by atoms with Crippen LogP contribution >= 0.6 is 0 Å². The van der Waals surface area contributed by atoms with Gasteiger partial charge in [-0.2, -0.15) is 0 Å². The first-order valence-electron chi connectivity index (χ1n) is 7.65. The molecule has 1 aromatic carbocycles. The van der Waals surface area contributed by atoms with Crippen molar-refractivity contribution >= 4 is 20.9 Å². The molecule has 0 radical (unpaired) electrons. The molecular weight excluding hydrogens is 324 g/mol. The second-order valence-electron chi connectivity index (χ2n) is 6.06. The number of rotatable bonds is 3. The highest BCUT2D eigenvalue weighted by atomic mass is 32.2.